The van der Waals surface area contributed by atoms with Gasteiger partial charge in [-0.3, -0.25) is 0 Å². The minimum absolute atomic E-state index is 0.0479. The summed E-state index contributed by atoms with van der Waals surface area (Å²) in [5, 5.41) is 3.30. The molecule has 2 aliphatic carbocycles. The number of methoxy groups -OCH3 is 1. The van der Waals surface area contributed by atoms with Crippen LogP contribution in [0, 0.1) is 11.8 Å². The van der Waals surface area contributed by atoms with Crippen molar-refractivity contribution in [1.82, 2.24) is 10.2 Å². The zero-order chi connectivity index (χ0) is 16.2. The van der Waals surface area contributed by atoms with Gasteiger partial charge in [0.25, 0.3) is 0 Å². The Morgan fingerprint density at radius 1 is 1.22 bits per heavy atom. The van der Waals surface area contributed by atoms with E-state index in [1.54, 1.807) is 7.11 Å². The van der Waals surface area contributed by atoms with Crippen molar-refractivity contribution >= 4 is 6.03 Å². The molecule has 0 spiro atoms. The Hall–Kier alpha value is -1.55. The maximum atomic E-state index is 12.7. The van der Waals surface area contributed by atoms with E-state index in [1.165, 1.54) is 31.2 Å². The molecule has 0 saturated heterocycles. The van der Waals surface area contributed by atoms with Gasteiger partial charge in [-0.15, -0.1) is 0 Å². The summed E-state index contributed by atoms with van der Waals surface area (Å²) in [5.74, 6) is 1.43. The summed E-state index contributed by atoms with van der Waals surface area (Å²) in [6.45, 7) is 0.552. The van der Waals surface area contributed by atoms with Gasteiger partial charge < -0.3 is 15.0 Å². The van der Waals surface area contributed by atoms with Crippen molar-refractivity contribution in [2.45, 2.75) is 44.2 Å². The Morgan fingerprint density at radius 3 is 2.35 bits per heavy atom. The first-order valence-corrected chi connectivity index (χ1v) is 8.75. The number of carbonyl (C=O) groups is 1. The molecule has 0 bridgehead atoms. The lowest BCUT2D eigenvalue weighted by Gasteiger charge is -2.30. The van der Waals surface area contributed by atoms with Gasteiger partial charge in [-0.1, -0.05) is 30.3 Å². The summed E-state index contributed by atoms with van der Waals surface area (Å²) in [5.41, 5.74) is 1.23. The fraction of sp³-hybridized carbons (Fsp3) is 0.632. The largest absolute Gasteiger partial charge is 0.383 e. The van der Waals surface area contributed by atoms with Crippen LogP contribution in [0.4, 0.5) is 4.79 Å². The Bertz CT molecular complexity index is 499. The standard InChI is InChI=1S/C19H28N2O2/c1-21(17(13-23-2)12-14-6-4-3-5-7-14)19(22)20-18(15-8-9-15)16-10-11-16/h3-7,15-18H,8-13H2,1-2H3,(H,20,22). The summed E-state index contributed by atoms with van der Waals surface area (Å²) in [6.07, 6.45) is 5.91. The van der Waals surface area contributed by atoms with Crippen molar-refractivity contribution in [1.29, 1.82) is 0 Å². The Balaban J connectivity index is 1.59. The molecule has 0 heterocycles. The van der Waals surface area contributed by atoms with Gasteiger partial charge in [0.1, 0.15) is 0 Å². The van der Waals surface area contributed by atoms with E-state index in [0.717, 1.165) is 18.3 Å². The van der Waals surface area contributed by atoms with Crippen molar-refractivity contribution in [3.63, 3.8) is 0 Å². The fourth-order valence-corrected chi connectivity index (χ4v) is 3.33. The van der Waals surface area contributed by atoms with E-state index in [0.29, 0.717) is 12.6 Å². The predicted octanol–water partition coefficient (Wildman–Crippen LogP) is 3.07. The number of benzene rings is 1. The number of urea groups is 1. The molecule has 0 aromatic heterocycles. The predicted molar refractivity (Wildman–Crippen MR) is 91.3 cm³/mol. The maximum absolute atomic E-state index is 12.7. The second-order valence-corrected chi connectivity index (χ2v) is 7.06. The monoisotopic (exact) mass is 316 g/mol. The third-order valence-electron chi connectivity index (χ3n) is 5.09. The van der Waals surface area contributed by atoms with Gasteiger partial charge in [0.2, 0.25) is 0 Å². The Kier molecular flexibility index (Phi) is 5.21. The first-order valence-electron chi connectivity index (χ1n) is 8.75. The molecule has 1 N–H and O–H groups in total. The smallest absolute Gasteiger partial charge is 0.317 e. The first-order chi connectivity index (χ1) is 11.2. The molecule has 2 amide bonds. The molecule has 1 aromatic rings. The van der Waals surface area contributed by atoms with Crippen molar-refractivity contribution in [2.75, 3.05) is 20.8 Å². The molecule has 126 valence electrons. The third kappa shape index (κ3) is 4.47. The van der Waals surface area contributed by atoms with Crippen LogP contribution in [0.2, 0.25) is 0 Å². The highest BCUT2D eigenvalue weighted by Crippen LogP contribution is 2.44. The van der Waals surface area contributed by atoms with Gasteiger partial charge >= 0.3 is 6.03 Å². The lowest BCUT2D eigenvalue weighted by Crippen LogP contribution is -2.50. The van der Waals surface area contributed by atoms with Gasteiger partial charge in [0.15, 0.2) is 0 Å². The number of rotatable bonds is 8. The number of hydrogen-bond acceptors (Lipinski definition) is 2. The molecule has 1 unspecified atom stereocenters. The molecule has 0 radical (unpaired) electrons. The van der Waals surface area contributed by atoms with Gasteiger partial charge in [-0.05, 0) is 49.5 Å². The highest BCUT2D eigenvalue weighted by molar-refractivity contribution is 5.74. The van der Waals surface area contributed by atoms with Crippen LogP contribution in [0.15, 0.2) is 30.3 Å². The van der Waals surface area contributed by atoms with Gasteiger partial charge in [-0.2, -0.15) is 0 Å². The van der Waals surface area contributed by atoms with Crippen molar-refractivity contribution in [3.05, 3.63) is 35.9 Å². The molecular weight excluding hydrogens is 288 g/mol. The third-order valence-corrected chi connectivity index (χ3v) is 5.09. The molecule has 4 nitrogen and oxygen atoms in total. The Labute approximate surface area is 139 Å². The molecule has 4 heteroatoms. The van der Waals surface area contributed by atoms with Crippen molar-refractivity contribution < 1.29 is 9.53 Å². The highest BCUT2D eigenvalue weighted by atomic mass is 16.5. The van der Waals surface area contributed by atoms with Crippen LogP contribution in [0.5, 0.6) is 0 Å². The SMILES string of the molecule is COCC(Cc1ccccc1)N(C)C(=O)NC(C1CC1)C1CC1. The van der Waals surface area contributed by atoms with Crippen molar-refractivity contribution in [3.8, 4) is 0 Å². The number of likely N-dealkylation sites (N-methyl/N-ethyl adjacent to an activating group) is 1. The van der Waals surface area contributed by atoms with E-state index < -0.39 is 0 Å². The fourth-order valence-electron chi connectivity index (χ4n) is 3.33. The van der Waals surface area contributed by atoms with Crippen LogP contribution < -0.4 is 5.32 Å². The van der Waals surface area contributed by atoms with Crippen molar-refractivity contribution in [2.24, 2.45) is 11.8 Å². The van der Waals surface area contributed by atoms with E-state index in [2.05, 4.69) is 17.4 Å². The molecule has 0 aliphatic heterocycles. The second kappa shape index (κ2) is 7.35. The van der Waals surface area contributed by atoms with E-state index in [1.807, 2.05) is 30.1 Å². The summed E-state index contributed by atoms with van der Waals surface area (Å²) >= 11 is 0. The summed E-state index contributed by atoms with van der Waals surface area (Å²) < 4.78 is 5.35. The highest BCUT2D eigenvalue weighted by Gasteiger charge is 2.42. The maximum Gasteiger partial charge on any atom is 0.317 e. The molecule has 2 aliphatic rings. The number of nitrogens with zero attached hydrogens (tertiary/aromatic N) is 1. The zero-order valence-corrected chi connectivity index (χ0v) is 14.2. The van der Waals surface area contributed by atoms with E-state index in [-0.39, 0.29) is 12.1 Å². The summed E-state index contributed by atoms with van der Waals surface area (Å²) in [7, 11) is 3.58. The first kappa shape index (κ1) is 16.3. The molecule has 2 saturated carbocycles. The molecular formula is C19H28N2O2. The summed E-state index contributed by atoms with van der Waals surface area (Å²) in [6, 6.07) is 10.8. The van der Waals surface area contributed by atoms with Crippen LogP contribution >= 0.6 is 0 Å². The molecule has 1 atom stereocenters. The lowest BCUT2D eigenvalue weighted by atomic mass is 10.1. The number of amides is 2. The molecule has 23 heavy (non-hydrogen) atoms. The van der Waals surface area contributed by atoms with Crippen LogP contribution in [0.25, 0.3) is 0 Å². The summed E-state index contributed by atoms with van der Waals surface area (Å²) in [4.78, 5) is 14.5. The van der Waals surface area contributed by atoms with Gasteiger partial charge in [-0.25, -0.2) is 4.79 Å². The topological polar surface area (TPSA) is 41.6 Å². The van der Waals surface area contributed by atoms with Crippen LogP contribution in [0.1, 0.15) is 31.2 Å². The minimum Gasteiger partial charge on any atom is -0.383 e. The second-order valence-electron chi connectivity index (χ2n) is 7.06. The van der Waals surface area contributed by atoms with E-state index in [9.17, 15) is 4.79 Å². The average Bonchev–Trinajstić information content (AvgIpc) is 3.46. The van der Waals surface area contributed by atoms with Crippen LogP contribution in [-0.2, 0) is 11.2 Å². The van der Waals surface area contributed by atoms with E-state index >= 15 is 0 Å². The van der Waals surface area contributed by atoms with Gasteiger partial charge in [0.05, 0.1) is 12.6 Å². The van der Waals surface area contributed by atoms with Crippen LogP contribution in [0.3, 0.4) is 0 Å². The lowest BCUT2D eigenvalue weighted by molar-refractivity contribution is 0.113. The van der Waals surface area contributed by atoms with Gasteiger partial charge in [0, 0.05) is 20.2 Å². The Morgan fingerprint density at radius 2 is 1.83 bits per heavy atom. The molecule has 3 rings (SSSR count). The zero-order valence-electron chi connectivity index (χ0n) is 14.2. The number of hydrogen-bond donors (Lipinski definition) is 1. The number of nitrogens with one attached hydrogen (secondary N) is 1. The molecule has 1 aromatic carbocycles. The van der Waals surface area contributed by atoms with E-state index in [4.69, 9.17) is 4.74 Å². The quantitative estimate of drug-likeness (QED) is 0.801. The number of ether oxygens (including phenoxy) is 1. The molecule has 2 fully saturated rings. The minimum atomic E-state index is 0.0479. The average molecular weight is 316 g/mol. The normalized spacial score (nSPS) is 18.7. The number of carbonyl (C=O) groups excluding carboxylic acids is 1. The van der Waals surface area contributed by atoms with Crippen LogP contribution in [-0.4, -0.2) is 43.8 Å².